The van der Waals surface area contributed by atoms with E-state index in [9.17, 15) is 4.79 Å². The van der Waals surface area contributed by atoms with Crippen LogP contribution < -0.4 is 5.43 Å². The second kappa shape index (κ2) is 5.66. The van der Waals surface area contributed by atoms with Gasteiger partial charge in [-0.3, -0.25) is 4.79 Å². The van der Waals surface area contributed by atoms with Gasteiger partial charge in [0.2, 0.25) is 0 Å². The van der Waals surface area contributed by atoms with E-state index < -0.39 is 0 Å². The van der Waals surface area contributed by atoms with Crippen LogP contribution in [0.3, 0.4) is 0 Å². The average Bonchev–Trinajstić information content (AvgIpc) is 2.26. The molecule has 0 bridgehead atoms. The second-order valence-electron chi connectivity index (χ2n) is 3.15. The fourth-order valence-corrected chi connectivity index (χ4v) is 1.16. The van der Waals surface area contributed by atoms with E-state index in [4.69, 9.17) is 0 Å². The Hall–Kier alpha value is -1.16. The van der Waals surface area contributed by atoms with Crippen molar-refractivity contribution < 1.29 is 4.79 Å². The van der Waals surface area contributed by atoms with Crippen LogP contribution in [0.4, 0.5) is 0 Å². The molecular weight excluding hydrogens is 256 g/mol. The molecular formula is C11H13BrN2O. The van der Waals surface area contributed by atoms with Gasteiger partial charge in [0.1, 0.15) is 0 Å². The Bertz CT molecular complexity index is 371. The van der Waals surface area contributed by atoms with Gasteiger partial charge in [-0.05, 0) is 37.6 Å². The van der Waals surface area contributed by atoms with Crippen LogP contribution in [-0.2, 0) is 0 Å². The molecule has 4 heteroatoms. The number of hydrogen-bond acceptors (Lipinski definition) is 2. The lowest BCUT2D eigenvalue weighted by molar-refractivity contribution is 0.0954. The van der Waals surface area contributed by atoms with Crippen LogP contribution in [0.2, 0.25) is 0 Å². The maximum absolute atomic E-state index is 11.5. The summed E-state index contributed by atoms with van der Waals surface area (Å²) in [6.07, 6.45) is 0.834. The van der Waals surface area contributed by atoms with E-state index >= 15 is 0 Å². The number of carbonyl (C=O) groups excluding carboxylic acids is 1. The van der Waals surface area contributed by atoms with Crippen molar-refractivity contribution >= 4 is 27.5 Å². The third-order valence-corrected chi connectivity index (χ3v) is 2.50. The number of rotatable bonds is 3. The summed E-state index contributed by atoms with van der Waals surface area (Å²) in [5, 5.41) is 3.95. The zero-order valence-corrected chi connectivity index (χ0v) is 10.3. The lowest BCUT2D eigenvalue weighted by atomic mass is 10.2. The first-order valence-electron chi connectivity index (χ1n) is 4.72. The Morgan fingerprint density at radius 1 is 1.40 bits per heavy atom. The fraction of sp³-hybridized carbons (Fsp3) is 0.273. The standard InChI is InChI=1S/C11H13BrN2O/c1-3-8(2)13-14-11(15)9-4-6-10(12)7-5-9/h4-7H,3H2,1-2H3,(H,14,15)/b13-8+. The fourth-order valence-electron chi connectivity index (χ4n) is 0.891. The van der Waals surface area contributed by atoms with E-state index in [1.807, 2.05) is 26.0 Å². The SMILES string of the molecule is CC/C(C)=N/NC(=O)c1ccc(Br)cc1. The molecule has 0 saturated heterocycles. The molecule has 0 aromatic heterocycles. The summed E-state index contributed by atoms with van der Waals surface area (Å²) in [6.45, 7) is 3.87. The van der Waals surface area contributed by atoms with Crippen LogP contribution in [0.1, 0.15) is 30.6 Å². The average molecular weight is 269 g/mol. The van der Waals surface area contributed by atoms with E-state index in [0.29, 0.717) is 5.56 Å². The van der Waals surface area contributed by atoms with Crippen LogP contribution >= 0.6 is 15.9 Å². The summed E-state index contributed by atoms with van der Waals surface area (Å²) in [5.41, 5.74) is 4.01. The summed E-state index contributed by atoms with van der Waals surface area (Å²) in [6, 6.07) is 7.14. The van der Waals surface area contributed by atoms with Gasteiger partial charge in [0.15, 0.2) is 0 Å². The van der Waals surface area contributed by atoms with Gasteiger partial charge >= 0.3 is 0 Å². The first-order valence-corrected chi connectivity index (χ1v) is 5.52. The smallest absolute Gasteiger partial charge is 0.267 e. The van der Waals surface area contributed by atoms with Crippen molar-refractivity contribution in [1.29, 1.82) is 0 Å². The highest BCUT2D eigenvalue weighted by Crippen LogP contribution is 2.10. The number of amides is 1. The van der Waals surface area contributed by atoms with Crippen molar-refractivity contribution in [3.63, 3.8) is 0 Å². The van der Waals surface area contributed by atoms with Gasteiger partial charge < -0.3 is 0 Å². The molecule has 0 saturated carbocycles. The Morgan fingerprint density at radius 2 is 2.00 bits per heavy atom. The lowest BCUT2D eigenvalue weighted by Crippen LogP contribution is -2.18. The zero-order chi connectivity index (χ0) is 11.3. The van der Waals surface area contributed by atoms with Crippen LogP contribution in [0.5, 0.6) is 0 Å². The molecule has 0 aliphatic carbocycles. The maximum Gasteiger partial charge on any atom is 0.271 e. The predicted octanol–water partition coefficient (Wildman–Crippen LogP) is 2.96. The van der Waals surface area contributed by atoms with Gasteiger partial charge in [0, 0.05) is 15.7 Å². The highest BCUT2D eigenvalue weighted by Gasteiger charge is 2.03. The van der Waals surface area contributed by atoms with Crippen LogP contribution in [-0.4, -0.2) is 11.6 Å². The molecule has 3 nitrogen and oxygen atoms in total. The number of benzene rings is 1. The quantitative estimate of drug-likeness (QED) is 0.665. The summed E-state index contributed by atoms with van der Waals surface area (Å²) >= 11 is 3.31. The zero-order valence-electron chi connectivity index (χ0n) is 8.75. The van der Waals surface area contributed by atoms with Crippen molar-refractivity contribution in [2.24, 2.45) is 5.10 Å². The number of carbonyl (C=O) groups is 1. The third kappa shape index (κ3) is 3.83. The molecule has 0 unspecified atom stereocenters. The number of halogens is 1. The number of hydrazone groups is 1. The molecule has 1 aromatic rings. The van der Waals surface area contributed by atoms with Crippen molar-refractivity contribution in [1.82, 2.24) is 5.43 Å². The minimum Gasteiger partial charge on any atom is -0.267 e. The minimum atomic E-state index is -0.185. The number of nitrogens with one attached hydrogen (secondary N) is 1. The Morgan fingerprint density at radius 3 is 2.53 bits per heavy atom. The third-order valence-electron chi connectivity index (χ3n) is 1.97. The monoisotopic (exact) mass is 268 g/mol. The molecule has 0 fully saturated rings. The first kappa shape index (κ1) is 11.9. The molecule has 1 aromatic carbocycles. The first-order chi connectivity index (χ1) is 7.13. The summed E-state index contributed by atoms with van der Waals surface area (Å²) in [4.78, 5) is 11.5. The van der Waals surface area contributed by atoms with Crippen molar-refractivity contribution in [2.45, 2.75) is 20.3 Å². The van der Waals surface area contributed by atoms with Crippen LogP contribution in [0, 0.1) is 0 Å². The van der Waals surface area contributed by atoms with E-state index in [1.165, 1.54) is 0 Å². The van der Waals surface area contributed by atoms with Crippen LogP contribution in [0.25, 0.3) is 0 Å². The van der Waals surface area contributed by atoms with E-state index in [0.717, 1.165) is 16.6 Å². The molecule has 1 rings (SSSR count). The Labute approximate surface area is 97.7 Å². The normalized spacial score (nSPS) is 11.3. The maximum atomic E-state index is 11.5. The van der Waals surface area contributed by atoms with Gasteiger partial charge in [-0.2, -0.15) is 5.10 Å². The van der Waals surface area contributed by atoms with E-state index in [2.05, 4.69) is 26.5 Å². The highest BCUT2D eigenvalue weighted by molar-refractivity contribution is 9.10. The van der Waals surface area contributed by atoms with E-state index in [1.54, 1.807) is 12.1 Å². The predicted molar refractivity (Wildman–Crippen MR) is 65.0 cm³/mol. The summed E-state index contributed by atoms with van der Waals surface area (Å²) in [7, 11) is 0. The van der Waals surface area contributed by atoms with Crippen molar-refractivity contribution in [2.75, 3.05) is 0 Å². The van der Waals surface area contributed by atoms with E-state index in [-0.39, 0.29) is 5.91 Å². The van der Waals surface area contributed by atoms with Crippen molar-refractivity contribution in [3.8, 4) is 0 Å². The molecule has 0 heterocycles. The molecule has 0 aliphatic heterocycles. The molecule has 0 spiro atoms. The minimum absolute atomic E-state index is 0.185. The number of nitrogens with zero attached hydrogens (tertiary/aromatic N) is 1. The van der Waals surface area contributed by atoms with Gasteiger partial charge in [-0.25, -0.2) is 5.43 Å². The molecule has 80 valence electrons. The van der Waals surface area contributed by atoms with Crippen molar-refractivity contribution in [3.05, 3.63) is 34.3 Å². The van der Waals surface area contributed by atoms with Gasteiger partial charge in [0.05, 0.1) is 0 Å². The molecule has 0 aliphatic rings. The second-order valence-corrected chi connectivity index (χ2v) is 4.06. The molecule has 1 N–H and O–H groups in total. The largest absolute Gasteiger partial charge is 0.271 e. The van der Waals surface area contributed by atoms with Gasteiger partial charge in [-0.1, -0.05) is 22.9 Å². The summed E-state index contributed by atoms with van der Waals surface area (Å²) < 4.78 is 0.951. The lowest BCUT2D eigenvalue weighted by Gasteiger charge is -2.01. The molecule has 15 heavy (non-hydrogen) atoms. The Balaban J connectivity index is 2.66. The van der Waals surface area contributed by atoms with Gasteiger partial charge in [-0.15, -0.1) is 0 Å². The highest BCUT2D eigenvalue weighted by atomic mass is 79.9. The van der Waals surface area contributed by atoms with Crippen LogP contribution in [0.15, 0.2) is 33.8 Å². The summed E-state index contributed by atoms with van der Waals surface area (Å²) in [5.74, 6) is -0.185. The molecule has 0 radical (unpaired) electrons. The molecule has 0 atom stereocenters. The number of hydrogen-bond donors (Lipinski definition) is 1. The van der Waals surface area contributed by atoms with Gasteiger partial charge in [0.25, 0.3) is 5.91 Å². The molecule has 1 amide bonds. The topological polar surface area (TPSA) is 41.5 Å². The Kier molecular flexibility index (Phi) is 4.49.